The summed E-state index contributed by atoms with van der Waals surface area (Å²) in [5.74, 6) is 1.48. The number of aromatic nitrogens is 1. The lowest BCUT2D eigenvalue weighted by Gasteiger charge is -2.31. The third kappa shape index (κ3) is 2.73. The van der Waals surface area contributed by atoms with Crippen molar-refractivity contribution in [3.8, 4) is 6.07 Å². The minimum absolute atomic E-state index is 0.309. The molecule has 0 radical (unpaired) electrons. The zero-order valence-electron chi connectivity index (χ0n) is 10.8. The van der Waals surface area contributed by atoms with E-state index in [4.69, 9.17) is 11.0 Å². The van der Waals surface area contributed by atoms with Crippen LogP contribution in [0.5, 0.6) is 0 Å². The lowest BCUT2D eigenvalue weighted by atomic mass is 9.83. The quantitative estimate of drug-likeness (QED) is 0.857. The van der Waals surface area contributed by atoms with E-state index in [0.29, 0.717) is 23.3 Å². The van der Waals surface area contributed by atoms with Crippen molar-refractivity contribution in [1.29, 1.82) is 5.26 Å². The minimum atomic E-state index is 0.309. The Morgan fingerprint density at radius 2 is 2.22 bits per heavy atom. The van der Waals surface area contributed by atoms with E-state index in [-0.39, 0.29) is 0 Å². The maximum absolute atomic E-state index is 8.93. The van der Waals surface area contributed by atoms with Crippen LogP contribution in [0.15, 0.2) is 12.1 Å². The Kier molecular flexibility index (Phi) is 4.03. The number of anilines is 2. The highest BCUT2D eigenvalue weighted by molar-refractivity contribution is 5.54. The summed E-state index contributed by atoms with van der Waals surface area (Å²) in [7, 11) is 0. The van der Waals surface area contributed by atoms with Gasteiger partial charge in [0.25, 0.3) is 0 Å². The van der Waals surface area contributed by atoms with Gasteiger partial charge in [0.15, 0.2) is 5.69 Å². The molecule has 4 heteroatoms. The summed E-state index contributed by atoms with van der Waals surface area (Å²) in [6.07, 6.45) is 6.27. The number of nitrogen functional groups attached to an aromatic ring is 1. The molecule has 1 saturated carbocycles. The van der Waals surface area contributed by atoms with Crippen molar-refractivity contribution in [3.05, 3.63) is 17.8 Å². The van der Waals surface area contributed by atoms with Gasteiger partial charge in [-0.3, -0.25) is 0 Å². The first kappa shape index (κ1) is 12.7. The Hall–Kier alpha value is -1.76. The third-order valence-electron chi connectivity index (χ3n) is 3.80. The smallest absolute Gasteiger partial charge is 0.165 e. The highest BCUT2D eigenvalue weighted by Gasteiger charge is 2.23. The fourth-order valence-electron chi connectivity index (χ4n) is 2.72. The van der Waals surface area contributed by atoms with Gasteiger partial charge in [0, 0.05) is 6.04 Å². The van der Waals surface area contributed by atoms with Crippen molar-refractivity contribution < 1.29 is 0 Å². The number of nitriles is 1. The van der Waals surface area contributed by atoms with Gasteiger partial charge >= 0.3 is 0 Å². The average Bonchev–Trinajstić information content (AvgIpc) is 2.41. The van der Waals surface area contributed by atoms with Crippen LogP contribution in [-0.2, 0) is 0 Å². The van der Waals surface area contributed by atoms with E-state index in [2.05, 4.69) is 17.2 Å². The topological polar surface area (TPSA) is 74.7 Å². The monoisotopic (exact) mass is 244 g/mol. The lowest BCUT2D eigenvalue weighted by molar-refractivity contribution is 0.317. The van der Waals surface area contributed by atoms with Crippen LogP contribution in [0.2, 0.25) is 0 Å². The van der Waals surface area contributed by atoms with Crippen LogP contribution in [0.25, 0.3) is 0 Å². The zero-order valence-corrected chi connectivity index (χ0v) is 10.8. The Morgan fingerprint density at radius 3 is 2.94 bits per heavy atom. The summed E-state index contributed by atoms with van der Waals surface area (Å²) < 4.78 is 0. The Morgan fingerprint density at radius 1 is 1.44 bits per heavy atom. The van der Waals surface area contributed by atoms with Crippen LogP contribution in [0.4, 0.5) is 11.5 Å². The molecule has 2 rings (SSSR count). The summed E-state index contributed by atoms with van der Waals surface area (Å²) in [5.41, 5.74) is 6.43. The Labute approximate surface area is 108 Å². The highest BCUT2D eigenvalue weighted by atomic mass is 15.0. The Bertz CT molecular complexity index is 450. The number of nitrogens with one attached hydrogen (secondary N) is 1. The van der Waals surface area contributed by atoms with Crippen molar-refractivity contribution in [3.63, 3.8) is 0 Å². The van der Waals surface area contributed by atoms with Gasteiger partial charge in [-0.2, -0.15) is 5.26 Å². The molecule has 1 fully saturated rings. The summed E-state index contributed by atoms with van der Waals surface area (Å²) >= 11 is 0. The molecule has 2 unspecified atom stereocenters. The first-order valence-electron chi connectivity index (χ1n) is 6.67. The number of nitrogens with two attached hydrogens (primary N) is 1. The largest absolute Gasteiger partial charge is 0.396 e. The fraction of sp³-hybridized carbons (Fsp3) is 0.571. The lowest BCUT2D eigenvalue weighted by Crippen LogP contribution is -2.32. The molecule has 1 aliphatic carbocycles. The number of hydrogen-bond acceptors (Lipinski definition) is 4. The van der Waals surface area contributed by atoms with Crippen LogP contribution in [-0.4, -0.2) is 11.0 Å². The van der Waals surface area contributed by atoms with Crippen LogP contribution < -0.4 is 11.1 Å². The summed E-state index contributed by atoms with van der Waals surface area (Å²) in [6, 6.07) is 6.11. The molecule has 0 saturated heterocycles. The van der Waals surface area contributed by atoms with Crippen LogP contribution in [0.1, 0.15) is 44.7 Å². The van der Waals surface area contributed by atoms with E-state index < -0.39 is 0 Å². The van der Waals surface area contributed by atoms with E-state index in [1.165, 1.54) is 32.1 Å². The Balaban J connectivity index is 2.11. The molecule has 18 heavy (non-hydrogen) atoms. The van der Waals surface area contributed by atoms with Crippen molar-refractivity contribution in [1.82, 2.24) is 4.98 Å². The molecule has 1 aliphatic rings. The van der Waals surface area contributed by atoms with Gasteiger partial charge in [0.1, 0.15) is 11.9 Å². The van der Waals surface area contributed by atoms with E-state index in [1.54, 1.807) is 6.07 Å². The normalized spacial score (nSPS) is 23.3. The van der Waals surface area contributed by atoms with E-state index in [1.807, 2.05) is 12.1 Å². The van der Waals surface area contributed by atoms with Crippen LogP contribution in [0, 0.1) is 17.2 Å². The first-order valence-corrected chi connectivity index (χ1v) is 6.67. The number of pyridine rings is 1. The minimum Gasteiger partial charge on any atom is -0.396 e. The average molecular weight is 244 g/mol. The molecular weight excluding hydrogens is 224 g/mol. The number of hydrogen-bond donors (Lipinski definition) is 2. The molecule has 4 nitrogen and oxygen atoms in total. The van der Waals surface area contributed by atoms with Crippen molar-refractivity contribution in [2.75, 3.05) is 11.1 Å². The van der Waals surface area contributed by atoms with Gasteiger partial charge in [-0.15, -0.1) is 0 Å². The van der Waals surface area contributed by atoms with Gasteiger partial charge in [-0.05, 0) is 30.9 Å². The number of nitrogens with zero attached hydrogens (tertiary/aromatic N) is 2. The maximum atomic E-state index is 8.93. The number of rotatable bonds is 3. The van der Waals surface area contributed by atoms with Crippen molar-refractivity contribution >= 4 is 11.5 Å². The van der Waals surface area contributed by atoms with Gasteiger partial charge in [-0.25, -0.2) is 4.98 Å². The third-order valence-corrected chi connectivity index (χ3v) is 3.80. The second-order valence-electron chi connectivity index (χ2n) is 4.95. The molecule has 1 heterocycles. The molecule has 0 amide bonds. The highest BCUT2D eigenvalue weighted by Crippen LogP contribution is 2.29. The van der Waals surface area contributed by atoms with Gasteiger partial charge in [-0.1, -0.05) is 26.2 Å². The van der Waals surface area contributed by atoms with E-state index in [9.17, 15) is 0 Å². The summed E-state index contributed by atoms with van der Waals surface area (Å²) in [5, 5.41) is 12.4. The standard InChI is InChI=1S/C14H20N4/c1-2-10-5-3-4-6-12(10)17-14-8-7-11(16)13(9-15)18-14/h7-8,10,12H,2-6,16H2,1H3,(H,17,18). The molecule has 1 aromatic rings. The predicted molar refractivity (Wildman–Crippen MR) is 73.0 cm³/mol. The molecule has 0 spiro atoms. The molecule has 3 N–H and O–H groups in total. The van der Waals surface area contributed by atoms with Crippen LogP contribution >= 0.6 is 0 Å². The second-order valence-corrected chi connectivity index (χ2v) is 4.95. The maximum Gasteiger partial charge on any atom is 0.165 e. The first-order chi connectivity index (χ1) is 8.74. The predicted octanol–water partition coefficient (Wildman–Crippen LogP) is 2.92. The molecule has 0 bridgehead atoms. The molecule has 96 valence electrons. The molecule has 0 aliphatic heterocycles. The molecule has 2 atom stereocenters. The van der Waals surface area contributed by atoms with E-state index in [0.717, 1.165) is 5.82 Å². The van der Waals surface area contributed by atoms with Gasteiger partial charge in [0.05, 0.1) is 5.69 Å². The zero-order chi connectivity index (χ0) is 13.0. The van der Waals surface area contributed by atoms with Crippen LogP contribution in [0.3, 0.4) is 0 Å². The molecule has 0 aromatic carbocycles. The van der Waals surface area contributed by atoms with Crippen molar-refractivity contribution in [2.45, 2.75) is 45.1 Å². The van der Waals surface area contributed by atoms with E-state index >= 15 is 0 Å². The molecule has 1 aromatic heterocycles. The second kappa shape index (κ2) is 5.72. The summed E-state index contributed by atoms with van der Waals surface area (Å²) in [6.45, 7) is 2.24. The molecular formula is C14H20N4. The fourth-order valence-corrected chi connectivity index (χ4v) is 2.72. The van der Waals surface area contributed by atoms with Gasteiger partial charge in [0.2, 0.25) is 0 Å². The SMILES string of the molecule is CCC1CCCCC1Nc1ccc(N)c(C#N)n1. The summed E-state index contributed by atoms with van der Waals surface area (Å²) in [4.78, 5) is 4.26. The van der Waals surface area contributed by atoms with Crippen molar-refractivity contribution in [2.24, 2.45) is 5.92 Å². The van der Waals surface area contributed by atoms with Gasteiger partial charge < -0.3 is 11.1 Å².